The van der Waals surface area contributed by atoms with Crippen molar-refractivity contribution in [2.75, 3.05) is 0 Å². The van der Waals surface area contributed by atoms with Gasteiger partial charge in [0.25, 0.3) is 0 Å². The van der Waals surface area contributed by atoms with Crippen molar-refractivity contribution in [2.45, 2.75) is 0 Å². The first kappa shape index (κ1) is 27.8. The summed E-state index contributed by atoms with van der Waals surface area (Å²) in [6.07, 6.45) is 3.68. The maximum absolute atomic E-state index is 5.18. The molecular weight excluding hydrogens is 583 g/mol. The van der Waals surface area contributed by atoms with E-state index in [1.165, 1.54) is 43.4 Å². The molecule has 0 fully saturated rings. The number of fused-ring (bicyclic) bond motifs is 5. The Labute approximate surface area is 278 Å². The Hall–Kier alpha value is -6.45. The first-order valence-electron chi connectivity index (χ1n) is 16.2. The zero-order chi connectivity index (χ0) is 31.9. The molecule has 0 saturated heterocycles. The molecule has 0 spiro atoms. The second kappa shape index (κ2) is 11.7. The molecule has 0 aliphatic carbocycles. The second-order valence-electron chi connectivity index (χ2n) is 12.0. The van der Waals surface area contributed by atoms with Gasteiger partial charge >= 0.3 is 0 Å². The fraction of sp³-hybridized carbons (Fsp3) is 0. The van der Waals surface area contributed by atoms with Gasteiger partial charge in [0, 0.05) is 34.6 Å². The number of pyridine rings is 1. The van der Waals surface area contributed by atoms with Gasteiger partial charge in [-0.3, -0.25) is 4.98 Å². The van der Waals surface area contributed by atoms with Crippen LogP contribution in [-0.2, 0) is 0 Å². The Bertz CT molecular complexity index is 2590. The van der Waals surface area contributed by atoms with E-state index in [-0.39, 0.29) is 0 Å². The third-order valence-corrected chi connectivity index (χ3v) is 9.18. The fourth-order valence-corrected chi connectivity index (χ4v) is 6.86. The van der Waals surface area contributed by atoms with Gasteiger partial charge in [-0.15, -0.1) is 0 Å². The quantitative estimate of drug-likeness (QED) is 0.182. The van der Waals surface area contributed by atoms with Crippen molar-refractivity contribution in [1.82, 2.24) is 15.0 Å². The average molecular weight is 612 g/mol. The molecule has 0 aliphatic heterocycles. The minimum absolute atomic E-state index is 0.683. The average Bonchev–Trinajstić information content (AvgIpc) is 3.18. The lowest BCUT2D eigenvalue weighted by atomic mass is 9.90. The third kappa shape index (κ3) is 4.90. The highest BCUT2D eigenvalue weighted by Gasteiger charge is 2.16. The summed E-state index contributed by atoms with van der Waals surface area (Å²) in [6, 6.07) is 57.8. The first-order valence-corrected chi connectivity index (χ1v) is 16.2. The second-order valence-corrected chi connectivity index (χ2v) is 12.0. The third-order valence-electron chi connectivity index (χ3n) is 9.18. The summed E-state index contributed by atoms with van der Waals surface area (Å²) in [4.78, 5) is 14.6. The van der Waals surface area contributed by atoms with Crippen LogP contribution in [0.1, 0.15) is 0 Å². The molecule has 9 rings (SSSR count). The lowest BCUT2D eigenvalue weighted by molar-refractivity contribution is 1.18. The lowest BCUT2D eigenvalue weighted by Crippen LogP contribution is -1.97. The lowest BCUT2D eigenvalue weighted by Gasteiger charge is -2.14. The van der Waals surface area contributed by atoms with Crippen LogP contribution < -0.4 is 0 Å². The Morgan fingerprint density at radius 3 is 1.73 bits per heavy atom. The highest BCUT2D eigenvalue weighted by Crippen LogP contribution is 2.39. The molecule has 3 nitrogen and oxygen atoms in total. The van der Waals surface area contributed by atoms with Crippen molar-refractivity contribution in [2.24, 2.45) is 0 Å². The fourth-order valence-electron chi connectivity index (χ4n) is 6.86. The molecule has 0 aliphatic rings. The number of nitrogens with zero attached hydrogens (tertiary/aromatic N) is 3. The van der Waals surface area contributed by atoms with Crippen molar-refractivity contribution >= 4 is 32.3 Å². The van der Waals surface area contributed by atoms with E-state index in [2.05, 4.69) is 132 Å². The molecule has 2 aromatic heterocycles. The van der Waals surface area contributed by atoms with Crippen LogP contribution in [-0.4, -0.2) is 15.0 Å². The molecule has 0 amide bonds. The van der Waals surface area contributed by atoms with E-state index in [0.717, 1.165) is 39.2 Å². The van der Waals surface area contributed by atoms with Crippen LogP contribution in [0.15, 0.2) is 176 Å². The number of benzene rings is 7. The molecule has 7 aromatic carbocycles. The van der Waals surface area contributed by atoms with Crippen LogP contribution in [0.5, 0.6) is 0 Å². The van der Waals surface area contributed by atoms with Crippen LogP contribution in [0.25, 0.3) is 88.5 Å². The van der Waals surface area contributed by atoms with Crippen LogP contribution in [0.2, 0.25) is 0 Å². The largest absolute Gasteiger partial charge is 0.264 e. The van der Waals surface area contributed by atoms with Crippen molar-refractivity contribution in [3.63, 3.8) is 0 Å². The van der Waals surface area contributed by atoms with Gasteiger partial charge in [0.2, 0.25) is 0 Å². The van der Waals surface area contributed by atoms with Crippen LogP contribution in [0.4, 0.5) is 0 Å². The summed E-state index contributed by atoms with van der Waals surface area (Å²) in [5, 5.41) is 7.61. The van der Waals surface area contributed by atoms with E-state index in [9.17, 15) is 0 Å². The zero-order valence-corrected chi connectivity index (χ0v) is 26.1. The van der Waals surface area contributed by atoms with E-state index in [1.807, 2.05) is 42.6 Å². The normalized spacial score (nSPS) is 11.3. The van der Waals surface area contributed by atoms with Gasteiger partial charge in [-0.2, -0.15) is 0 Å². The zero-order valence-electron chi connectivity index (χ0n) is 26.1. The maximum Gasteiger partial charge on any atom is 0.161 e. The van der Waals surface area contributed by atoms with Crippen molar-refractivity contribution in [1.29, 1.82) is 0 Å². The van der Waals surface area contributed by atoms with Crippen molar-refractivity contribution < 1.29 is 0 Å². The number of aromatic nitrogens is 3. The molecule has 3 heteroatoms. The topological polar surface area (TPSA) is 38.7 Å². The molecule has 0 bridgehead atoms. The summed E-state index contributed by atoms with van der Waals surface area (Å²) in [7, 11) is 0. The summed E-state index contributed by atoms with van der Waals surface area (Å²) in [5.41, 5.74) is 9.29. The monoisotopic (exact) mass is 611 g/mol. The molecule has 0 unspecified atom stereocenters. The summed E-state index contributed by atoms with van der Waals surface area (Å²) in [6.45, 7) is 0. The van der Waals surface area contributed by atoms with Crippen LogP contribution in [0.3, 0.4) is 0 Å². The van der Waals surface area contributed by atoms with Gasteiger partial charge in [0.05, 0.1) is 11.4 Å². The summed E-state index contributed by atoms with van der Waals surface area (Å²) < 4.78 is 0. The predicted octanol–water partition coefficient (Wildman–Crippen LogP) is 11.7. The molecular formula is C45H29N3. The number of rotatable bonds is 5. The summed E-state index contributed by atoms with van der Waals surface area (Å²) in [5.74, 6) is 0.683. The van der Waals surface area contributed by atoms with E-state index >= 15 is 0 Å². The first-order chi connectivity index (χ1) is 23.8. The maximum atomic E-state index is 5.18. The van der Waals surface area contributed by atoms with E-state index in [1.54, 1.807) is 6.20 Å². The minimum atomic E-state index is 0.683. The Morgan fingerprint density at radius 1 is 0.354 bits per heavy atom. The van der Waals surface area contributed by atoms with Crippen molar-refractivity contribution in [3.05, 3.63) is 176 Å². The SMILES string of the molecule is c1ccc(-c2cc(-c3ccc(-c4cc5ccc6ccccc6c5c5ccccc45)cc3)nc(-c3ccccc3-c3cccnc3)n2)cc1. The van der Waals surface area contributed by atoms with Gasteiger partial charge in [0.15, 0.2) is 5.82 Å². The molecule has 224 valence electrons. The molecule has 0 radical (unpaired) electrons. The smallest absolute Gasteiger partial charge is 0.161 e. The highest BCUT2D eigenvalue weighted by molar-refractivity contribution is 6.23. The standard InChI is InChI=1S/C45H29N3/c1-2-12-32(13-3-1)42-28-43(48-45(47-42)40-19-9-6-15-36(40)35-14-10-26-46-29-35)33-23-20-31(21-24-33)41-27-34-25-22-30-11-4-5-16-37(30)44(34)39-18-8-7-17-38(39)41/h1-29H. The summed E-state index contributed by atoms with van der Waals surface area (Å²) >= 11 is 0. The Balaban J connectivity index is 1.19. The molecule has 0 atom stereocenters. The van der Waals surface area contributed by atoms with E-state index < -0.39 is 0 Å². The van der Waals surface area contributed by atoms with E-state index in [4.69, 9.17) is 9.97 Å². The van der Waals surface area contributed by atoms with Gasteiger partial charge in [0.1, 0.15) is 0 Å². The number of hydrogen-bond acceptors (Lipinski definition) is 3. The van der Waals surface area contributed by atoms with Crippen LogP contribution in [0, 0.1) is 0 Å². The van der Waals surface area contributed by atoms with Gasteiger partial charge in [-0.05, 0) is 67.2 Å². The minimum Gasteiger partial charge on any atom is -0.264 e. The Kier molecular flexibility index (Phi) is 6.80. The van der Waals surface area contributed by atoms with Gasteiger partial charge in [-0.1, -0.05) is 146 Å². The van der Waals surface area contributed by atoms with Crippen molar-refractivity contribution in [3.8, 4) is 56.2 Å². The van der Waals surface area contributed by atoms with E-state index in [0.29, 0.717) is 5.82 Å². The predicted molar refractivity (Wildman–Crippen MR) is 200 cm³/mol. The Morgan fingerprint density at radius 2 is 0.958 bits per heavy atom. The molecule has 2 heterocycles. The van der Waals surface area contributed by atoms with Gasteiger partial charge in [-0.25, -0.2) is 9.97 Å². The molecule has 9 aromatic rings. The van der Waals surface area contributed by atoms with Crippen LogP contribution >= 0.6 is 0 Å². The molecule has 0 N–H and O–H groups in total. The van der Waals surface area contributed by atoms with Gasteiger partial charge < -0.3 is 0 Å². The molecule has 48 heavy (non-hydrogen) atoms. The number of hydrogen-bond donors (Lipinski definition) is 0. The molecule has 0 saturated carbocycles. The highest BCUT2D eigenvalue weighted by atomic mass is 14.9.